The van der Waals surface area contributed by atoms with E-state index in [9.17, 15) is 14.7 Å². The number of aliphatic hydroxyl groups is 1. The van der Waals surface area contributed by atoms with Crippen LogP contribution in [0.5, 0.6) is 0 Å². The van der Waals surface area contributed by atoms with Crippen LogP contribution in [0.4, 0.5) is 0 Å². The zero-order valence-electron chi connectivity index (χ0n) is 9.56. The molecule has 3 N–H and O–H groups in total. The summed E-state index contributed by atoms with van der Waals surface area (Å²) in [5, 5.41) is 21.2. The van der Waals surface area contributed by atoms with Crippen LogP contribution < -0.4 is 5.32 Å². The molecule has 0 aromatic rings. The summed E-state index contributed by atoms with van der Waals surface area (Å²) in [7, 11) is 1.71. The second-order valence-electron chi connectivity index (χ2n) is 4.47. The van der Waals surface area contributed by atoms with Crippen molar-refractivity contribution in [2.24, 2.45) is 0 Å². The number of nitrogens with zero attached hydrogens (tertiary/aromatic N) is 1. The van der Waals surface area contributed by atoms with E-state index in [4.69, 9.17) is 5.11 Å². The summed E-state index contributed by atoms with van der Waals surface area (Å²) >= 11 is 0. The lowest BCUT2D eigenvalue weighted by Crippen LogP contribution is -2.52. The molecule has 0 bridgehead atoms. The molecular weight excluding hydrogens is 212 g/mol. The molecule has 0 aliphatic carbocycles. The summed E-state index contributed by atoms with van der Waals surface area (Å²) in [5.41, 5.74) is -1.76. The molecule has 2 atom stereocenters. The SMILES string of the molecule is CN1CC(NCC(C)(O)C(=O)O)CCC1=O. The molecule has 6 nitrogen and oxygen atoms in total. The molecular formula is C10H18N2O4. The van der Waals surface area contributed by atoms with E-state index >= 15 is 0 Å². The van der Waals surface area contributed by atoms with Gasteiger partial charge in [-0.05, 0) is 13.3 Å². The quantitative estimate of drug-likeness (QED) is 0.578. The minimum absolute atomic E-state index is 0.0188. The zero-order valence-corrected chi connectivity index (χ0v) is 9.56. The smallest absolute Gasteiger partial charge is 0.336 e. The number of nitrogens with one attached hydrogen (secondary N) is 1. The number of amides is 1. The summed E-state index contributed by atoms with van der Waals surface area (Å²) in [6, 6.07) is 0.0496. The molecule has 1 aliphatic heterocycles. The van der Waals surface area contributed by atoms with Crippen LogP contribution >= 0.6 is 0 Å². The highest BCUT2D eigenvalue weighted by molar-refractivity contribution is 5.77. The number of carbonyl (C=O) groups excluding carboxylic acids is 1. The van der Waals surface area contributed by atoms with Crippen LogP contribution in [-0.4, -0.2) is 58.8 Å². The summed E-state index contributed by atoms with van der Waals surface area (Å²) < 4.78 is 0. The number of carboxylic acid groups (broad SMARTS) is 1. The van der Waals surface area contributed by atoms with E-state index < -0.39 is 11.6 Å². The lowest BCUT2D eigenvalue weighted by atomic mass is 10.0. The molecule has 1 fully saturated rings. The Hall–Kier alpha value is -1.14. The minimum atomic E-state index is -1.76. The predicted molar refractivity (Wildman–Crippen MR) is 56.9 cm³/mol. The number of carboxylic acids is 1. The molecule has 2 unspecified atom stereocenters. The maximum Gasteiger partial charge on any atom is 0.336 e. The minimum Gasteiger partial charge on any atom is -0.479 e. The lowest BCUT2D eigenvalue weighted by Gasteiger charge is -2.31. The molecule has 92 valence electrons. The fourth-order valence-electron chi connectivity index (χ4n) is 1.60. The Labute approximate surface area is 94.2 Å². The van der Waals surface area contributed by atoms with Crippen LogP contribution in [0.1, 0.15) is 19.8 Å². The summed E-state index contributed by atoms with van der Waals surface area (Å²) in [6.07, 6.45) is 1.14. The molecule has 0 aromatic heterocycles. The molecule has 1 heterocycles. The zero-order chi connectivity index (χ0) is 12.3. The monoisotopic (exact) mass is 230 g/mol. The molecule has 16 heavy (non-hydrogen) atoms. The molecule has 0 saturated carbocycles. The number of carbonyl (C=O) groups is 2. The first kappa shape index (κ1) is 12.9. The van der Waals surface area contributed by atoms with Crippen molar-refractivity contribution < 1.29 is 19.8 Å². The normalized spacial score (nSPS) is 25.3. The maximum absolute atomic E-state index is 11.2. The second-order valence-corrected chi connectivity index (χ2v) is 4.47. The third-order valence-electron chi connectivity index (χ3n) is 2.82. The fourth-order valence-corrected chi connectivity index (χ4v) is 1.60. The van der Waals surface area contributed by atoms with Crippen LogP contribution in [0.3, 0.4) is 0 Å². The van der Waals surface area contributed by atoms with Crippen molar-refractivity contribution >= 4 is 11.9 Å². The van der Waals surface area contributed by atoms with Gasteiger partial charge in [-0.1, -0.05) is 0 Å². The summed E-state index contributed by atoms with van der Waals surface area (Å²) in [5.74, 6) is -1.15. The van der Waals surface area contributed by atoms with Gasteiger partial charge in [0.15, 0.2) is 5.60 Å². The van der Waals surface area contributed by atoms with Crippen LogP contribution in [0.25, 0.3) is 0 Å². The van der Waals surface area contributed by atoms with Crippen molar-refractivity contribution in [1.29, 1.82) is 0 Å². The average Bonchev–Trinajstić information content (AvgIpc) is 2.20. The Morgan fingerprint density at radius 2 is 2.31 bits per heavy atom. The first-order chi connectivity index (χ1) is 7.33. The molecule has 6 heteroatoms. The van der Waals surface area contributed by atoms with Crippen molar-refractivity contribution in [2.75, 3.05) is 20.1 Å². The molecule has 1 amide bonds. The van der Waals surface area contributed by atoms with Gasteiger partial charge in [-0.25, -0.2) is 4.79 Å². The van der Waals surface area contributed by atoms with E-state index in [1.165, 1.54) is 6.92 Å². The first-order valence-corrected chi connectivity index (χ1v) is 5.26. The van der Waals surface area contributed by atoms with E-state index in [1.807, 2.05) is 0 Å². The van der Waals surface area contributed by atoms with Gasteiger partial charge in [0.2, 0.25) is 5.91 Å². The molecule has 0 radical (unpaired) electrons. The van der Waals surface area contributed by atoms with Crippen LogP contribution in [0.15, 0.2) is 0 Å². The number of hydrogen-bond donors (Lipinski definition) is 3. The number of piperidine rings is 1. The third-order valence-corrected chi connectivity index (χ3v) is 2.82. The number of likely N-dealkylation sites (tertiary alicyclic amines) is 1. The Morgan fingerprint density at radius 3 is 2.81 bits per heavy atom. The summed E-state index contributed by atoms with van der Waals surface area (Å²) in [6.45, 7) is 1.78. The second kappa shape index (κ2) is 4.80. The van der Waals surface area contributed by atoms with Crippen molar-refractivity contribution in [3.63, 3.8) is 0 Å². The van der Waals surface area contributed by atoms with E-state index in [-0.39, 0.29) is 18.5 Å². The molecule has 1 aliphatic rings. The Morgan fingerprint density at radius 1 is 1.69 bits per heavy atom. The van der Waals surface area contributed by atoms with E-state index in [1.54, 1.807) is 11.9 Å². The van der Waals surface area contributed by atoms with Crippen molar-refractivity contribution in [2.45, 2.75) is 31.4 Å². The van der Waals surface area contributed by atoms with Gasteiger partial charge in [0.05, 0.1) is 0 Å². The van der Waals surface area contributed by atoms with Gasteiger partial charge < -0.3 is 20.4 Å². The first-order valence-electron chi connectivity index (χ1n) is 5.26. The highest BCUT2D eigenvalue weighted by Crippen LogP contribution is 2.10. The van der Waals surface area contributed by atoms with Gasteiger partial charge >= 0.3 is 5.97 Å². The highest BCUT2D eigenvalue weighted by Gasteiger charge is 2.31. The van der Waals surface area contributed by atoms with Crippen molar-refractivity contribution in [3.8, 4) is 0 Å². The van der Waals surface area contributed by atoms with E-state index in [2.05, 4.69) is 5.32 Å². The number of hydrogen-bond acceptors (Lipinski definition) is 4. The largest absolute Gasteiger partial charge is 0.479 e. The molecule has 1 rings (SSSR count). The van der Waals surface area contributed by atoms with Gasteiger partial charge in [0.1, 0.15) is 0 Å². The van der Waals surface area contributed by atoms with Crippen LogP contribution in [0, 0.1) is 0 Å². The average molecular weight is 230 g/mol. The van der Waals surface area contributed by atoms with Gasteiger partial charge in [-0.3, -0.25) is 4.79 Å². The summed E-state index contributed by atoms with van der Waals surface area (Å²) in [4.78, 5) is 23.5. The van der Waals surface area contributed by atoms with Crippen LogP contribution in [0.2, 0.25) is 0 Å². The van der Waals surface area contributed by atoms with E-state index in [0.717, 1.165) is 0 Å². The Bertz CT molecular complexity index is 291. The lowest BCUT2D eigenvalue weighted by molar-refractivity contribution is -0.156. The molecule has 0 aromatic carbocycles. The molecule has 1 saturated heterocycles. The Balaban J connectivity index is 2.39. The van der Waals surface area contributed by atoms with Gasteiger partial charge in [0, 0.05) is 32.6 Å². The van der Waals surface area contributed by atoms with Gasteiger partial charge in [-0.2, -0.15) is 0 Å². The topological polar surface area (TPSA) is 89.9 Å². The number of aliphatic carboxylic acids is 1. The van der Waals surface area contributed by atoms with Crippen molar-refractivity contribution in [1.82, 2.24) is 10.2 Å². The van der Waals surface area contributed by atoms with E-state index in [0.29, 0.717) is 19.4 Å². The number of rotatable bonds is 4. The van der Waals surface area contributed by atoms with Crippen molar-refractivity contribution in [3.05, 3.63) is 0 Å². The highest BCUT2D eigenvalue weighted by atomic mass is 16.4. The standard InChI is InChI=1S/C10H18N2O4/c1-10(16,9(14)15)6-11-7-3-4-8(13)12(2)5-7/h7,11,16H,3-6H2,1-2H3,(H,14,15). The maximum atomic E-state index is 11.2. The van der Waals surface area contributed by atoms with Crippen LogP contribution in [-0.2, 0) is 9.59 Å². The van der Waals surface area contributed by atoms with Gasteiger partial charge in [-0.15, -0.1) is 0 Å². The Kier molecular flexibility index (Phi) is 3.88. The third kappa shape index (κ3) is 3.18. The predicted octanol–water partition coefficient (Wildman–Crippen LogP) is -0.968. The van der Waals surface area contributed by atoms with Gasteiger partial charge in [0.25, 0.3) is 0 Å². The fraction of sp³-hybridized carbons (Fsp3) is 0.800. The number of likely N-dealkylation sites (N-methyl/N-ethyl adjacent to an activating group) is 1. The molecule has 0 spiro atoms.